The number of para-hydroxylation sites is 1. The number of ether oxygens (including phenoxy) is 1. The summed E-state index contributed by atoms with van der Waals surface area (Å²) in [6, 6.07) is 8.52. The minimum atomic E-state index is 0.760. The Labute approximate surface area is 170 Å². The van der Waals surface area contributed by atoms with Gasteiger partial charge in [-0.3, -0.25) is 0 Å². The fraction of sp³-hybridized carbons (Fsp3) is 0.769. The molecule has 1 aromatic rings. The topological polar surface area (TPSA) is 9.23 Å². The molecule has 156 valence electrons. The van der Waals surface area contributed by atoms with Crippen LogP contribution in [0.1, 0.15) is 122 Å². The monoisotopic (exact) mass is 374 g/mol. The fourth-order valence-electron chi connectivity index (χ4n) is 3.87. The van der Waals surface area contributed by atoms with E-state index in [2.05, 4.69) is 38.1 Å². The average molecular weight is 375 g/mol. The van der Waals surface area contributed by atoms with E-state index in [0.717, 1.165) is 18.8 Å². The maximum absolute atomic E-state index is 5.72. The molecular formula is C26H46O. The molecule has 0 N–H and O–H groups in total. The number of hydrogen-bond acceptors (Lipinski definition) is 1. The van der Waals surface area contributed by atoms with Gasteiger partial charge in [-0.1, -0.05) is 121 Å². The predicted octanol–water partition coefficient (Wildman–Crippen LogP) is 8.89. The van der Waals surface area contributed by atoms with Crippen molar-refractivity contribution in [2.75, 3.05) is 6.61 Å². The van der Waals surface area contributed by atoms with Crippen LogP contribution in [0.15, 0.2) is 24.3 Å². The number of hydrogen-bond donors (Lipinski definition) is 0. The zero-order chi connectivity index (χ0) is 19.4. The van der Waals surface area contributed by atoms with Gasteiger partial charge in [-0.15, -0.1) is 0 Å². The smallest absolute Gasteiger partial charge is 0.122 e. The van der Waals surface area contributed by atoms with E-state index in [-0.39, 0.29) is 0 Å². The van der Waals surface area contributed by atoms with Crippen molar-refractivity contribution in [3.8, 4) is 5.75 Å². The van der Waals surface area contributed by atoms with Gasteiger partial charge in [0, 0.05) is 0 Å². The van der Waals surface area contributed by atoms with Crippen molar-refractivity contribution in [1.82, 2.24) is 0 Å². The summed E-state index contributed by atoms with van der Waals surface area (Å²) in [5, 5.41) is 0. The van der Waals surface area contributed by atoms with Crippen molar-refractivity contribution in [2.24, 2.45) is 0 Å². The normalized spacial score (nSPS) is 11.0. The lowest BCUT2D eigenvalue weighted by atomic mass is 10.0. The molecule has 0 saturated carbocycles. The summed E-state index contributed by atoms with van der Waals surface area (Å²) >= 11 is 0. The summed E-state index contributed by atoms with van der Waals surface area (Å²) in [5.74, 6) is 1.08. The van der Waals surface area contributed by atoms with Crippen LogP contribution in [0.2, 0.25) is 0 Å². The summed E-state index contributed by atoms with van der Waals surface area (Å²) < 4.78 is 5.72. The van der Waals surface area contributed by atoms with E-state index < -0.39 is 0 Å². The number of unbranched alkanes of at least 4 members (excludes halogenated alkanes) is 15. The lowest BCUT2D eigenvalue weighted by Crippen LogP contribution is -1.96. The van der Waals surface area contributed by atoms with Crippen molar-refractivity contribution in [2.45, 2.75) is 123 Å². The zero-order valence-corrected chi connectivity index (χ0v) is 18.4. The molecule has 0 aromatic heterocycles. The Morgan fingerprint density at radius 2 is 1.00 bits per heavy atom. The van der Waals surface area contributed by atoms with Crippen LogP contribution >= 0.6 is 0 Å². The van der Waals surface area contributed by atoms with Crippen LogP contribution in [0, 0.1) is 0 Å². The van der Waals surface area contributed by atoms with E-state index >= 15 is 0 Å². The molecule has 1 heteroatoms. The van der Waals surface area contributed by atoms with Gasteiger partial charge in [0.2, 0.25) is 0 Å². The van der Waals surface area contributed by atoms with Gasteiger partial charge in [-0.2, -0.15) is 0 Å². The summed E-state index contributed by atoms with van der Waals surface area (Å²) in [6.45, 7) is 5.12. The van der Waals surface area contributed by atoms with Gasteiger partial charge in [0.15, 0.2) is 0 Å². The molecule has 0 aliphatic heterocycles. The molecule has 0 unspecified atom stereocenters. The van der Waals surface area contributed by atoms with E-state index in [9.17, 15) is 0 Å². The molecule has 0 aliphatic rings. The molecule has 0 radical (unpaired) electrons. The van der Waals surface area contributed by atoms with Gasteiger partial charge in [-0.05, 0) is 31.4 Å². The van der Waals surface area contributed by atoms with Gasteiger partial charge in [-0.25, -0.2) is 0 Å². The van der Waals surface area contributed by atoms with Gasteiger partial charge >= 0.3 is 0 Å². The molecule has 0 fully saturated rings. The van der Waals surface area contributed by atoms with Crippen LogP contribution in [0.3, 0.4) is 0 Å². The molecule has 0 amide bonds. The first-order chi connectivity index (χ1) is 13.4. The Morgan fingerprint density at radius 3 is 1.48 bits per heavy atom. The second-order valence-corrected chi connectivity index (χ2v) is 8.09. The van der Waals surface area contributed by atoms with Gasteiger partial charge < -0.3 is 4.74 Å². The Morgan fingerprint density at radius 1 is 0.556 bits per heavy atom. The first-order valence-electron chi connectivity index (χ1n) is 12.1. The maximum atomic E-state index is 5.72. The minimum absolute atomic E-state index is 0.760. The molecule has 1 rings (SSSR count). The third kappa shape index (κ3) is 13.8. The second-order valence-electron chi connectivity index (χ2n) is 8.09. The van der Waals surface area contributed by atoms with Gasteiger partial charge in [0.25, 0.3) is 0 Å². The molecule has 0 aliphatic carbocycles. The number of aryl methyl sites for hydroxylation is 1. The molecule has 1 nitrogen and oxygen atoms in total. The van der Waals surface area contributed by atoms with Gasteiger partial charge in [0.1, 0.15) is 5.75 Å². The van der Waals surface area contributed by atoms with Crippen LogP contribution < -0.4 is 4.74 Å². The molecule has 0 saturated heterocycles. The number of rotatable bonds is 19. The first kappa shape index (κ1) is 24.1. The number of benzene rings is 1. The van der Waals surface area contributed by atoms with E-state index in [0.29, 0.717) is 0 Å². The van der Waals surface area contributed by atoms with E-state index in [1.165, 1.54) is 108 Å². The van der Waals surface area contributed by atoms with Crippen LogP contribution in [0.5, 0.6) is 5.75 Å². The van der Waals surface area contributed by atoms with Crippen molar-refractivity contribution < 1.29 is 4.74 Å². The van der Waals surface area contributed by atoms with Crippen molar-refractivity contribution in [3.05, 3.63) is 29.8 Å². The van der Waals surface area contributed by atoms with Crippen LogP contribution in [-0.2, 0) is 6.42 Å². The zero-order valence-electron chi connectivity index (χ0n) is 18.4. The summed E-state index contributed by atoms with van der Waals surface area (Å²) in [4.78, 5) is 0. The molecule has 0 heterocycles. The average Bonchev–Trinajstić information content (AvgIpc) is 2.69. The molecule has 0 spiro atoms. The fourth-order valence-corrected chi connectivity index (χ4v) is 3.87. The Kier molecular flexibility index (Phi) is 16.4. The molecule has 1 aromatic carbocycles. The second kappa shape index (κ2) is 18.4. The Hall–Kier alpha value is -0.980. The lowest BCUT2D eigenvalue weighted by molar-refractivity contribution is 0.336. The Balaban J connectivity index is 1.83. The van der Waals surface area contributed by atoms with Crippen LogP contribution in [0.4, 0.5) is 0 Å². The Bertz CT molecular complexity index is 426. The minimum Gasteiger partial charge on any atom is -0.494 e. The van der Waals surface area contributed by atoms with Crippen molar-refractivity contribution in [3.63, 3.8) is 0 Å². The molecule has 27 heavy (non-hydrogen) atoms. The third-order valence-electron chi connectivity index (χ3n) is 5.57. The van der Waals surface area contributed by atoms with E-state index in [1.807, 2.05) is 0 Å². The first-order valence-corrected chi connectivity index (χ1v) is 12.1. The maximum Gasteiger partial charge on any atom is 0.122 e. The highest BCUT2D eigenvalue weighted by molar-refractivity contribution is 5.33. The highest BCUT2D eigenvalue weighted by Crippen LogP contribution is 2.21. The third-order valence-corrected chi connectivity index (χ3v) is 5.57. The SMILES string of the molecule is CCCCCCCCCCCCCCCCCCc1ccccc1OCC. The summed E-state index contributed by atoms with van der Waals surface area (Å²) in [5.41, 5.74) is 1.38. The van der Waals surface area contributed by atoms with E-state index in [4.69, 9.17) is 4.74 Å². The lowest BCUT2D eigenvalue weighted by Gasteiger charge is -2.09. The van der Waals surface area contributed by atoms with Crippen LogP contribution in [-0.4, -0.2) is 6.61 Å². The largest absolute Gasteiger partial charge is 0.494 e. The summed E-state index contributed by atoms with van der Waals surface area (Å²) in [7, 11) is 0. The van der Waals surface area contributed by atoms with Gasteiger partial charge in [0.05, 0.1) is 6.61 Å². The molecule has 0 bridgehead atoms. The van der Waals surface area contributed by atoms with Crippen LogP contribution in [0.25, 0.3) is 0 Å². The summed E-state index contributed by atoms with van der Waals surface area (Å²) in [6.07, 6.45) is 24.0. The van der Waals surface area contributed by atoms with E-state index in [1.54, 1.807) is 0 Å². The standard InChI is InChI=1S/C26H46O/c1-3-5-6-7-8-9-10-11-12-13-14-15-16-17-18-19-22-25-23-20-21-24-26(25)27-4-2/h20-21,23-24H,3-19,22H2,1-2H3. The predicted molar refractivity (Wildman–Crippen MR) is 121 cm³/mol. The van der Waals surface area contributed by atoms with Crippen molar-refractivity contribution in [1.29, 1.82) is 0 Å². The highest BCUT2D eigenvalue weighted by atomic mass is 16.5. The molecule has 0 atom stereocenters. The quantitative estimate of drug-likeness (QED) is 0.220. The molecular weight excluding hydrogens is 328 g/mol. The highest BCUT2D eigenvalue weighted by Gasteiger charge is 2.02. The van der Waals surface area contributed by atoms with Crippen molar-refractivity contribution >= 4 is 0 Å².